The summed E-state index contributed by atoms with van der Waals surface area (Å²) >= 11 is 2.93. The predicted octanol–water partition coefficient (Wildman–Crippen LogP) is 6.90. The summed E-state index contributed by atoms with van der Waals surface area (Å²) in [5.74, 6) is -0.467. The number of carbonyl (C=O) groups excluding carboxylic acids is 2. The van der Waals surface area contributed by atoms with Gasteiger partial charge in [-0.1, -0.05) is 42.0 Å². The van der Waals surface area contributed by atoms with Crippen LogP contribution >= 0.6 is 22.7 Å². The summed E-state index contributed by atoms with van der Waals surface area (Å²) in [6.07, 6.45) is 0.210. The van der Waals surface area contributed by atoms with Crippen molar-refractivity contribution < 1.29 is 22.7 Å². The summed E-state index contributed by atoms with van der Waals surface area (Å²) in [6.45, 7) is 4.79. The molecule has 2 amide bonds. The molecule has 5 aromatic rings. The zero-order valence-electron chi connectivity index (χ0n) is 23.4. The molecule has 1 aliphatic heterocycles. The zero-order chi connectivity index (χ0) is 30.1. The number of nitrogens with one attached hydrogen (secondary N) is 2. The normalized spacial score (nSPS) is 13.0. The average Bonchev–Trinajstić information content (AvgIpc) is 3.57. The highest BCUT2D eigenvalue weighted by Crippen LogP contribution is 2.46. The van der Waals surface area contributed by atoms with Crippen molar-refractivity contribution in [3.05, 3.63) is 94.4 Å². The van der Waals surface area contributed by atoms with E-state index in [9.17, 15) is 18.0 Å². The van der Waals surface area contributed by atoms with Crippen LogP contribution in [0.4, 0.5) is 15.5 Å². The topological polar surface area (TPSA) is 118 Å². The van der Waals surface area contributed by atoms with Gasteiger partial charge in [0.2, 0.25) is 0 Å². The molecule has 0 saturated heterocycles. The molecule has 1 aliphatic rings. The lowest BCUT2D eigenvalue weighted by atomic mass is 10.0. The van der Waals surface area contributed by atoms with Gasteiger partial charge in [-0.05, 0) is 62.2 Å². The number of thiophene rings is 1. The van der Waals surface area contributed by atoms with Gasteiger partial charge in [-0.25, -0.2) is 18.2 Å². The summed E-state index contributed by atoms with van der Waals surface area (Å²) in [4.78, 5) is 33.9. The standard InChI is InChI=1S/C31H28N4O5S3/c1-3-40-31(37)35-17-16-22-26(18-35)42-30(27(22)29-32-24-10-6-7-11-25(24)41-29)33-28(36)21-8-4-5-9-23(21)34-43(38,39)20-14-12-19(2)13-15-20/h4-15,34H,3,16-18H2,1-2H3,(H,33,36). The van der Waals surface area contributed by atoms with E-state index in [2.05, 4.69) is 10.0 Å². The number of thiazole rings is 1. The molecule has 3 heterocycles. The Bertz CT molecular complexity index is 1910. The third-order valence-electron chi connectivity index (χ3n) is 7.06. The molecular weight excluding hydrogens is 605 g/mol. The number of benzene rings is 3. The van der Waals surface area contributed by atoms with E-state index in [0.717, 1.165) is 36.8 Å². The van der Waals surface area contributed by atoms with Gasteiger partial charge in [-0.2, -0.15) is 0 Å². The van der Waals surface area contributed by atoms with Crippen molar-refractivity contribution in [2.24, 2.45) is 0 Å². The molecule has 12 heteroatoms. The van der Waals surface area contributed by atoms with Crippen molar-refractivity contribution in [3.63, 3.8) is 0 Å². The fraction of sp³-hybridized carbons (Fsp3) is 0.194. The van der Waals surface area contributed by atoms with Gasteiger partial charge < -0.3 is 15.0 Å². The van der Waals surface area contributed by atoms with Gasteiger partial charge in [0.1, 0.15) is 10.0 Å². The molecule has 0 saturated carbocycles. The van der Waals surface area contributed by atoms with Gasteiger partial charge in [0, 0.05) is 17.0 Å². The van der Waals surface area contributed by atoms with Crippen LogP contribution in [0.5, 0.6) is 0 Å². The lowest BCUT2D eigenvalue weighted by Crippen LogP contribution is -2.35. The van der Waals surface area contributed by atoms with Gasteiger partial charge in [-0.15, -0.1) is 22.7 Å². The fourth-order valence-corrected chi connectivity index (χ4v) is 8.38. The van der Waals surface area contributed by atoms with Crippen LogP contribution in [0.1, 0.15) is 33.3 Å². The molecular formula is C31H28N4O5S3. The Kier molecular flexibility index (Phi) is 7.91. The number of carbonyl (C=O) groups is 2. The number of aromatic nitrogens is 1. The number of nitrogens with zero attached hydrogens (tertiary/aromatic N) is 2. The second-order valence-corrected chi connectivity index (χ2v) is 13.8. The Morgan fingerprint density at radius 3 is 2.51 bits per heavy atom. The second kappa shape index (κ2) is 11.8. The van der Waals surface area contributed by atoms with Crippen LogP contribution in [0.15, 0.2) is 77.7 Å². The van der Waals surface area contributed by atoms with Crippen LogP contribution in [-0.2, 0) is 27.7 Å². The number of rotatable bonds is 7. The van der Waals surface area contributed by atoms with Gasteiger partial charge in [-0.3, -0.25) is 9.52 Å². The van der Waals surface area contributed by atoms with E-state index in [-0.39, 0.29) is 28.8 Å². The van der Waals surface area contributed by atoms with Crippen molar-refractivity contribution in [1.82, 2.24) is 9.88 Å². The predicted molar refractivity (Wildman–Crippen MR) is 170 cm³/mol. The van der Waals surface area contributed by atoms with Crippen LogP contribution in [0.2, 0.25) is 0 Å². The third-order valence-corrected chi connectivity index (χ3v) is 10.6. The monoisotopic (exact) mass is 632 g/mol. The van der Waals surface area contributed by atoms with Crippen LogP contribution in [-0.4, -0.2) is 43.5 Å². The quantitative estimate of drug-likeness (QED) is 0.202. The first kappa shape index (κ1) is 28.8. The SMILES string of the molecule is CCOC(=O)N1CCc2c(sc(NC(=O)c3ccccc3NS(=O)(=O)c3ccc(C)cc3)c2-c2nc3ccccc3s2)C1. The van der Waals surface area contributed by atoms with Crippen molar-refractivity contribution in [2.75, 3.05) is 23.2 Å². The Morgan fingerprint density at radius 1 is 1.00 bits per heavy atom. The van der Waals surface area contributed by atoms with Gasteiger partial charge in [0.25, 0.3) is 15.9 Å². The minimum absolute atomic E-state index is 0.100. The number of fused-ring (bicyclic) bond motifs is 2. The molecule has 0 fully saturated rings. The Morgan fingerprint density at radius 2 is 1.74 bits per heavy atom. The molecule has 0 bridgehead atoms. The van der Waals surface area contributed by atoms with Crippen LogP contribution in [0, 0.1) is 6.92 Å². The maximum Gasteiger partial charge on any atom is 0.410 e. The molecule has 2 aromatic heterocycles. The molecule has 9 nitrogen and oxygen atoms in total. The highest BCUT2D eigenvalue weighted by molar-refractivity contribution is 7.92. The van der Waals surface area contributed by atoms with E-state index in [1.54, 1.807) is 48.2 Å². The molecule has 0 aliphatic carbocycles. The second-order valence-electron chi connectivity index (χ2n) is 9.98. The van der Waals surface area contributed by atoms with E-state index in [4.69, 9.17) is 9.72 Å². The molecule has 220 valence electrons. The number of aryl methyl sites for hydroxylation is 1. The molecule has 0 spiro atoms. The number of hydrogen-bond donors (Lipinski definition) is 2. The first-order valence-electron chi connectivity index (χ1n) is 13.7. The number of anilines is 2. The van der Waals surface area contributed by atoms with Crippen LogP contribution in [0.3, 0.4) is 0 Å². The lowest BCUT2D eigenvalue weighted by molar-refractivity contribution is 0.102. The zero-order valence-corrected chi connectivity index (χ0v) is 25.9. The Hall–Kier alpha value is -4.26. The molecule has 0 unspecified atom stereocenters. The van der Waals surface area contributed by atoms with E-state index < -0.39 is 15.9 Å². The number of sulfonamides is 1. The van der Waals surface area contributed by atoms with Gasteiger partial charge in [0.05, 0.1) is 39.5 Å². The van der Waals surface area contributed by atoms with Crippen LogP contribution < -0.4 is 10.0 Å². The minimum atomic E-state index is -3.93. The number of ether oxygens (including phenoxy) is 1. The maximum absolute atomic E-state index is 13.8. The fourth-order valence-electron chi connectivity index (χ4n) is 4.93. The van der Waals surface area contributed by atoms with Crippen molar-refractivity contribution >= 4 is 65.6 Å². The van der Waals surface area contributed by atoms with Gasteiger partial charge >= 0.3 is 6.09 Å². The molecule has 3 aromatic carbocycles. The molecule has 2 N–H and O–H groups in total. The maximum atomic E-state index is 13.8. The average molecular weight is 633 g/mol. The Balaban J connectivity index is 1.35. The van der Waals surface area contributed by atoms with E-state index in [1.807, 2.05) is 31.2 Å². The first-order valence-corrected chi connectivity index (χ1v) is 16.8. The van der Waals surface area contributed by atoms with Crippen molar-refractivity contribution in [3.8, 4) is 10.6 Å². The summed E-state index contributed by atoms with van der Waals surface area (Å²) < 4.78 is 35.1. The van der Waals surface area contributed by atoms with Crippen LogP contribution in [0.25, 0.3) is 20.8 Å². The molecule has 0 radical (unpaired) electrons. The summed E-state index contributed by atoms with van der Waals surface area (Å²) in [5, 5.41) is 4.41. The van der Waals surface area contributed by atoms with Crippen molar-refractivity contribution in [2.45, 2.75) is 31.7 Å². The summed E-state index contributed by atoms with van der Waals surface area (Å²) in [7, 11) is -3.93. The van der Waals surface area contributed by atoms with E-state index >= 15 is 0 Å². The minimum Gasteiger partial charge on any atom is -0.450 e. The Labute approximate surface area is 257 Å². The largest absolute Gasteiger partial charge is 0.450 e. The number of hydrogen-bond acceptors (Lipinski definition) is 8. The molecule has 43 heavy (non-hydrogen) atoms. The number of para-hydroxylation sites is 2. The first-order chi connectivity index (χ1) is 20.7. The van der Waals surface area contributed by atoms with Crippen molar-refractivity contribution in [1.29, 1.82) is 0 Å². The third kappa shape index (κ3) is 5.85. The van der Waals surface area contributed by atoms with Gasteiger partial charge in [0.15, 0.2) is 0 Å². The summed E-state index contributed by atoms with van der Waals surface area (Å²) in [6, 6.07) is 20.8. The molecule has 0 atom stereocenters. The van der Waals surface area contributed by atoms with E-state index in [0.29, 0.717) is 24.5 Å². The summed E-state index contributed by atoms with van der Waals surface area (Å²) in [5.41, 5.74) is 4.00. The highest BCUT2D eigenvalue weighted by atomic mass is 32.2. The number of amides is 2. The molecule has 6 rings (SSSR count). The smallest absolute Gasteiger partial charge is 0.410 e. The highest BCUT2D eigenvalue weighted by Gasteiger charge is 2.30. The van der Waals surface area contributed by atoms with E-state index in [1.165, 1.54) is 34.8 Å². The lowest BCUT2D eigenvalue weighted by Gasteiger charge is -2.26.